The van der Waals surface area contributed by atoms with Crippen LogP contribution in [0.2, 0.25) is 5.02 Å². The molecule has 0 amide bonds. The quantitative estimate of drug-likeness (QED) is 0.720. The molecule has 2 aromatic rings. The molecule has 1 spiro atoms. The number of hydrogen-bond acceptors (Lipinski definition) is 4. The molecule has 1 aromatic heterocycles. The van der Waals surface area contributed by atoms with Crippen molar-refractivity contribution in [3.63, 3.8) is 0 Å². The number of pyridine rings is 1. The second-order valence-electron chi connectivity index (χ2n) is 6.64. The fourth-order valence-corrected chi connectivity index (χ4v) is 3.80. The summed E-state index contributed by atoms with van der Waals surface area (Å²) in [4.78, 5) is 7.39. The second-order valence-corrected chi connectivity index (χ2v) is 7.08. The van der Waals surface area contributed by atoms with Gasteiger partial charge in [-0.3, -0.25) is 4.98 Å². The number of fused-ring (bicyclic) bond motifs is 2. The van der Waals surface area contributed by atoms with Gasteiger partial charge in [-0.05, 0) is 17.7 Å². The summed E-state index contributed by atoms with van der Waals surface area (Å²) in [6, 6.07) is 4.99. The van der Waals surface area contributed by atoms with E-state index in [0.29, 0.717) is 16.1 Å². The molecule has 142 valence electrons. The molecule has 0 saturated heterocycles. The Morgan fingerprint density at radius 3 is 2.52 bits per heavy atom. The monoisotopic (exact) mass is 399 g/mol. The molecule has 0 unspecified atom stereocenters. The van der Waals surface area contributed by atoms with Crippen molar-refractivity contribution in [2.45, 2.75) is 30.3 Å². The molecule has 4 nitrogen and oxygen atoms in total. The van der Waals surface area contributed by atoms with Crippen molar-refractivity contribution >= 4 is 17.6 Å². The van der Waals surface area contributed by atoms with Crippen LogP contribution in [0.1, 0.15) is 24.0 Å². The first-order chi connectivity index (χ1) is 12.6. The zero-order valence-corrected chi connectivity index (χ0v) is 14.6. The van der Waals surface area contributed by atoms with E-state index in [1.165, 1.54) is 24.5 Å². The van der Waals surface area contributed by atoms with Gasteiger partial charge in [0.15, 0.2) is 0 Å². The van der Waals surface area contributed by atoms with E-state index in [-0.39, 0.29) is 5.56 Å². The first kappa shape index (κ1) is 18.0. The van der Waals surface area contributed by atoms with Gasteiger partial charge in [0.25, 0.3) is 11.9 Å². The Morgan fingerprint density at radius 1 is 1.00 bits per heavy atom. The Kier molecular flexibility index (Phi) is 3.89. The van der Waals surface area contributed by atoms with Crippen LogP contribution in [0.25, 0.3) is 11.1 Å². The van der Waals surface area contributed by atoms with Crippen molar-refractivity contribution in [2.75, 3.05) is 6.54 Å². The summed E-state index contributed by atoms with van der Waals surface area (Å²) in [5, 5.41) is 0.334. The maximum absolute atomic E-state index is 14.9. The predicted octanol–water partition coefficient (Wildman–Crippen LogP) is 4.46. The van der Waals surface area contributed by atoms with Crippen LogP contribution in [0.3, 0.4) is 0 Å². The molecule has 2 aliphatic rings. The van der Waals surface area contributed by atoms with Crippen LogP contribution in [-0.4, -0.2) is 23.5 Å². The highest BCUT2D eigenvalue weighted by atomic mass is 35.5. The highest BCUT2D eigenvalue weighted by Crippen LogP contribution is 2.56. The molecule has 4 rings (SSSR count). The Labute approximate surface area is 157 Å². The Bertz CT molecular complexity index is 950. The van der Waals surface area contributed by atoms with Crippen LogP contribution < -0.4 is 5.73 Å². The van der Waals surface area contributed by atoms with Gasteiger partial charge < -0.3 is 10.5 Å². The minimum Gasteiger partial charge on any atom is -0.447 e. The molecule has 9 heteroatoms. The van der Waals surface area contributed by atoms with Gasteiger partial charge in [-0.15, -0.1) is 0 Å². The third kappa shape index (κ3) is 2.74. The highest BCUT2D eigenvalue weighted by molar-refractivity contribution is 6.30. The summed E-state index contributed by atoms with van der Waals surface area (Å²) in [6.07, 6.45) is 1.51. The van der Waals surface area contributed by atoms with E-state index in [2.05, 4.69) is 9.98 Å². The molecule has 1 aliphatic carbocycles. The van der Waals surface area contributed by atoms with Gasteiger partial charge in [0, 0.05) is 41.9 Å². The van der Waals surface area contributed by atoms with E-state index < -0.39 is 48.4 Å². The van der Waals surface area contributed by atoms with E-state index in [9.17, 15) is 17.6 Å². The van der Waals surface area contributed by atoms with E-state index in [1.54, 1.807) is 6.07 Å². The standard InChI is InChI=1S/C18H14ClF4N3O/c19-12-5-11(7-25-8-12)10-1-2-13-14(6-10)16(3-4-17(13,20)21)18(22,23)9-26-15(24)27-16/h1-2,5-8H,3-4,9H2,(H2,24,26)/t16-/m1/s1. The second kappa shape index (κ2) is 5.82. The lowest BCUT2D eigenvalue weighted by atomic mass is 9.72. The van der Waals surface area contributed by atoms with E-state index in [1.807, 2.05) is 0 Å². The van der Waals surface area contributed by atoms with Crippen LogP contribution in [0.15, 0.2) is 41.7 Å². The number of nitrogens with two attached hydrogens (primary N) is 1. The number of ether oxygens (including phenoxy) is 1. The number of aromatic nitrogens is 1. The van der Waals surface area contributed by atoms with Gasteiger partial charge in [0.2, 0.25) is 5.60 Å². The highest BCUT2D eigenvalue weighted by Gasteiger charge is 2.64. The fourth-order valence-electron chi connectivity index (χ4n) is 3.63. The van der Waals surface area contributed by atoms with Gasteiger partial charge in [-0.25, -0.2) is 13.8 Å². The minimum absolute atomic E-state index is 0.293. The van der Waals surface area contributed by atoms with Crippen LogP contribution in [-0.2, 0) is 16.3 Å². The number of aliphatic imine (C=N–C) groups is 1. The van der Waals surface area contributed by atoms with Gasteiger partial charge in [-0.1, -0.05) is 23.7 Å². The van der Waals surface area contributed by atoms with Crippen molar-refractivity contribution < 1.29 is 22.3 Å². The summed E-state index contributed by atoms with van der Waals surface area (Å²) in [7, 11) is 0. The summed E-state index contributed by atoms with van der Waals surface area (Å²) in [6.45, 7) is -0.924. The molecule has 2 heterocycles. The van der Waals surface area contributed by atoms with Crippen molar-refractivity contribution in [1.82, 2.24) is 4.98 Å². The van der Waals surface area contributed by atoms with Crippen LogP contribution in [0.4, 0.5) is 17.6 Å². The Hall–Kier alpha value is -2.35. The molecular formula is C18H14ClF4N3O. The zero-order chi connectivity index (χ0) is 19.4. The molecule has 1 aromatic carbocycles. The molecule has 0 bridgehead atoms. The Morgan fingerprint density at radius 2 is 1.78 bits per heavy atom. The molecule has 1 aliphatic heterocycles. The van der Waals surface area contributed by atoms with Crippen LogP contribution in [0.5, 0.6) is 0 Å². The lowest BCUT2D eigenvalue weighted by molar-refractivity contribution is -0.203. The maximum atomic E-state index is 14.9. The van der Waals surface area contributed by atoms with Crippen molar-refractivity contribution in [3.8, 4) is 11.1 Å². The number of alkyl halides is 4. The topological polar surface area (TPSA) is 60.5 Å². The smallest absolute Gasteiger partial charge is 0.310 e. The zero-order valence-electron chi connectivity index (χ0n) is 13.9. The van der Waals surface area contributed by atoms with E-state index in [4.69, 9.17) is 22.1 Å². The van der Waals surface area contributed by atoms with Crippen LogP contribution >= 0.6 is 11.6 Å². The predicted molar refractivity (Wildman–Crippen MR) is 92.0 cm³/mol. The molecule has 1 atom stereocenters. The third-order valence-electron chi connectivity index (χ3n) is 4.98. The number of hydrogen-bond donors (Lipinski definition) is 1. The van der Waals surface area contributed by atoms with Gasteiger partial charge >= 0.3 is 5.92 Å². The third-order valence-corrected chi connectivity index (χ3v) is 5.19. The summed E-state index contributed by atoms with van der Waals surface area (Å²) < 4.78 is 64.0. The number of amidine groups is 1. The number of benzene rings is 1. The van der Waals surface area contributed by atoms with Gasteiger partial charge in [0.1, 0.15) is 6.54 Å². The molecule has 0 radical (unpaired) electrons. The minimum atomic E-state index is -3.49. The first-order valence-electron chi connectivity index (χ1n) is 8.15. The van der Waals surface area contributed by atoms with Crippen molar-refractivity contribution in [3.05, 3.63) is 52.8 Å². The molecule has 0 saturated carbocycles. The number of nitrogens with zero attached hydrogens (tertiary/aromatic N) is 2. The SMILES string of the molecule is NC1=NCC(F)(F)[C@]2(CCC(F)(F)c3ccc(-c4cncc(Cl)c4)cc32)O1. The average Bonchev–Trinajstić information content (AvgIpc) is 2.61. The normalized spacial score (nSPS) is 25.4. The summed E-state index contributed by atoms with van der Waals surface area (Å²) in [5.74, 6) is -6.75. The Balaban J connectivity index is 1.95. The molecule has 2 N–H and O–H groups in total. The maximum Gasteiger partial charge on any atom is 0.310 e. The van der Waals surface area contributed by atoms with Crippen molar-refractivity contribution in [1.29, 1.82) is 0 Å². The number of rotatable bonds is 1. The van der Waals surface area contributed by atoms with Crippen LogP contribution in [0, 0.1) is 0 Å². The summed E-state index contributed by atoms with van der Waals surface area (Å²) >= 11 is 5.93. The molecule has 0 fully saturated rings. The lowest BCUT2D eigenvalue weighted by Crippen LogP contribution is -2.57. The first-order valence-corrected chi connectivity index (χ1v) is 8.53. The lowest BCUT2D eigenvalue weighted by Gasteiger charge is -2.46. The van der Waals surface area contributed by atoms with E-state index >= 15 is 0 Å². The largest absolute Gasteiger partial charge is 0.447 e. The van der Waals surface area contributed by atoms with E-state index in [0.717, 1.165) is 6.07 Å². The fraction of sp³-hybridized carbons (Fsp3) is 0.333. The summed E-state index contributed by atoms with van der Waals surface area (Å²) in [5.41, 5.74) is 3.38. The molecule has 27 heavy (non-hydrogen) atoms. The molecular weight excluding hydrogens is 386 g/mol. The van der Waals surface area contributed by atoms with Crippen molar-refractivity contribution in [2.24, 2.45) is 10.7 Å². The van der Waals surface area contributed by atoms with Gasteiger partial charge in [0.05, 0.1) is 5.02 Å². The van der Waals surface area contributed by atoms with Gasteiger partial charge in [-0.2, -0.15) is 8.78 Å². The average molecular weight is 400 g/mol. The number of halogens is 5.